The van der Waals surface area contributed by atoms with Gasteiger partial charge < -0.3 is 15.2 Å². The predicted molar refractivity (Wildman–Crippen MR) is 69.5 cm³/mol. The fourth-order valence-corrected chi connectivity index (χ4v) is 3.18. The van der Waals surface area contributed by atoms with Gasteiger partial charge in [0.15, 0.2) is 16.5 Å². The summed E-state index contributed by atoms with van der Waals surface area (Å²) in [5.74, 6) is 1.55. The smallest absolute Gasteiger partial charge is 0.194 e. The maximum Gasteiger partial charge on any atom is 0.194 e. The third-order valence-corrected chi connectivity index (χ3v) is 3.96. The van der Waals surface area contributed by atoms with E-state index in [2.05, 4.69) is 9.38 Å². The van der Waals surface area contributed by atoms with Crippen LogP contribution in [-0.4, -0.2) is 22.6 Å². The van der Waals surface area contributed by atoms with Crippen LogP contribution in [0.2, 0.25) is 0 Å². The zero-order chi connectivity index (χ0) is 12.1. The van der Waals surface area contributed by atoms with Gasteiger partial charge in [0, 0.05) is 29.8 Å². The van der Waals surface area contributed by atoms with Crippen LogP contribution < -0.4 is 15.2 Å². The molecule has 1 aliphatic rings. The molecule has 1 aliphatic heterocycles. The highest BCUT2D eigenvalue weighted by Gasteiger charge is 2.17. The zero-order valence-corrected chi connectivity index (χ0v) is 10.4. The van der Waals surface area contributed by atoms with Crippen molar-refractivity contribution in [3.05, 3.63) is 23.2 Å². The molecule has 1 aromatic carbocycles. The third-order valence-electron chi connectivity index (χ3n) is 3.08. The van der Waals surface area contributed by atoms with Crippen molar-refractivity contribution in [3.63, 3.8) is 0 Å². The topological polar surface area (TPSA) is 61.8 Å². The second-order valence-electron chi connectivity index (χ2n) is 4.15. The van der Waals surface area contributed by atoms with Gasteiger partial charge in [-0.15, -0.1) is 11.3 Å². The minimum atomic E-state index is 0.500. The molecule has 2 aromatic heterocycles. The molecule has 5 nitrogen and oxygen atoms in total. The number of fused-ring (bicyclic) bond motifs is 4. The van der Waals surface area contributed by atoms with Crippen molar-refractivity contribution in [1.29, 1.82) is 0 Å². The van der Waals surface area contributed by atoms with Crippen LogP contribution in [0.4, 0.5) is 0 Å². The molecule has 4 rings (SSSR count). The van der Waals surface area contributed by atoms with Gasteiger partial charge >= 0.3 is 0 Å². The number of hydrogen-bond donors (Lipinski definition) is 1. The highest BCUT2D eigenvalue weighted by Crippen LogP contribution is 2.35. The molecule has 6 heteroatoms. The highest BCUT2D eigenvalue weighted by atomic mass is 32.1. The van der Waals surface area contributed by atoms with Crippen molar-refractivity contribution in [2.75, 3.05) is 13.2 Å². The van der Waals surface area contributed by atoms with Crippen molar-refractivity contribution >= 4 is 27.3 Å². The van der Waals surface area contributed by atoms with E-state index in [0.29, 0.717) is 19.8 Å². The summed E-state index contributed by atoms with van der Waals surface area (Å²) in [5, 5.41) is 2.04. The molecule has 0 bridgehead atoms. The van der Waals surface area contributed by atoms with E-state index >= 15 is 0 Å². The molecule has 18 heavy (non-hydrogen) atoms. The van der Waals surface area contributed by atoms with Crippen LogP contribution in [0.3, 0.4) is 0 Å². The molecule has 3 aromatic rings. The van der Waals surface area contributed by atoms with E-state index < -0.39 is 0 Å². The van der Waals surface area contributed by atoms with E-state index in [9.17, 15) is 0 Å². The average molecular weight is 261 g/mol. The number of ether oxygens (including phenoxy) is 2. The first-order chi connectivity index (χ1) is 8.86. The molecule has 0 atom stereocenters. The quantitative estimate of drug-likeness (QED) is 0.725. The molecular formula is C12H11N3O2S. The average Bonchev–Trinajstić information content (AvgIpc) is 2.94. The van der Waals surface area contributed by atoms with Gasteiger partial charge in [0.2, 0.25) is 0 Å². The molecule has 0 aliphatic carbocycles. The molecule has 0 saturated heterocycles. The maximum atomic E-state index is 5.75. The first-order valence-electron chi connectivity index (χ1n) is 5.75. The zero-order valence-electron chi connectivity index (χ0n) is 9.55. The van der Waals surface area contributed by atoms with Crippen LogP contribution in [0.25, 0.3) is 16.0 Å². The van der Waals surface area contributed by atoms with E-state index in [0.717, 1.165) is 33.2 Å². The number of imidazole rings is 1. The summed E-state index contributed by atoms with van der Waals surface area (Å²) in [6.07, 6.45) is 0. The monoisotopic (exact) mass is 261 g/mol. The van der Waals surface area contributed by atoms with E-state index in [-0.39, 0.29) is 0 Å². The largest absolute Gasteiger partial charge is 0.486 e. The molecule has 3 heterocycles. The summed E-state index contributed by atoms with van der Waals surface area (Å²) in [6.45, 7) is 1.68. The molecule has 0 radical (unpaired) electrons. The van der Waals surface area contributed by atoms with Gasteiger partial charge in [-0.25, -0.2) is 4.98 Å². The summed E-state index contributed by atoms with van der Waals surface area (Å²) in [6, 6.07) is 3.92. The molecule has 0 spiro atoms. The minimum absolute atomic E-state index is 0.500. The predicted octanol–water partition coefficient (Wildman–Crippen LogP) is 1.78. The Morgan fingerprint density at radius 1 is 1.28 bits per heavy atom. The fourth-order valence-electron chi connectivity index (χ4n) is 2.26. The number of thiazole rings is 1. The Morgan fingerprint density at radius 2 is 2.06 bits per heavy atom. The minimum Gasteiger partial charge on any atom is -0.486 e. The van der Waals surface area contributed by atoms with Crippen molar-refractivity contribution in [1.82, 2.24) is 9.38 Å². The second kappa shape index (κ2) is 3.60. The number of benzene rings is 1. The summed E-state index contributed by atoms with van der Waals surface area (Å²) >= 11 is 1.60. The van der Waals surface area contributed by atoms with Crippen molar-refractivity contribution in [2.45, 2.75) is 6.54 Å². The standard InChI is InChI=1S/C12H11N3O2S/c13-5-7-6-18-12-14-8-3-10-11(17-2-1-16-10)4-9(8)15(7)12/h3-4,6H,1-2,5,13H2. The SMILES string of the molecule is NCc1csc2nc3cc4c(cc3n12)OCCO4. The van der Waals surface area contributed by atoms with Crippen LogP contribution in [0.1, 0.15) is 5.69 Å². The first kappa shape index (κ1) is 10.2. The van der Waals surface area contributed by atoms with E-state index in [1.165, 1.54) is 0 Å². The normalized spacial score (nSPS) is 14.5. The lowest BCUT2D eigenvalue weighted by molar-refractivity contribution is 0.172. The van der Waals surface area contributed by atoms with Crippen molar-refractivity contribution in [3.8, 4) is 11.5 Å². The molecule has 0 fully saturated rings. The number of hydrogen-bond acceptors (Lipinski definition) is 5. The molecule has 2 N–H and O–H groups in total. The van der Waals surface area contributed by atoms with Crippen LogP contribution in [0, 0.1) is 0 Å². The summed E-state index contributed by atoms with van der Waals surface area (Å²) in [4.78, 5) is 5.53. The van der Waals surface area contributed by atoms with Gasteiger partial charge in [0.1, 0.15) is 13.2 Å². The number of aromatic nitrogens is 2. The molecule has 92 valence electrons. The van der Waals surface area contributed by atoms with Gasteiger partial charge in [-0.1, -0.05) is 0 Å². The lowest BCUT2D eigenvalue weighted by Gasteiger charge is -2.17. The first-order valence-corrected chi connectivity index (χ1v) is 6.63. The van der Waals surface area contributed by atoms with Crippen molar-refractivity contribution in [2.24, 2.45) is 5.73 Å². The highest BCUT2D eigenvalue weighted by molar-refractivity contribution is 7.15. The second-order valence-corrected chi connectivity index (χ2v) is 4.98. The van der Waals surface area contributed by atoms with Crippen LogP contribution >= 0.6 is 11.3 Å². The lowest BCUT2D eigenvalue weighted by Crippen LogP contribution is -2.15. The van der Waals surface area contributed by atoms with E-state index in [1.54, 1.807) is 11.3 Å². The van der Waals surface area contributed by atoms with E-state index in [4.69, 9.17) is 15.2 Å². The maximum absolute atomic E-state index is 5.75. The Kier molecular flexibility index (Phi) is 2.03. The van der Waals surface area contributed by atoms with Gasteiger partial charge in [0.05, 0.1) is 11.0 Å². The Labute approximate surface area is 107 Å². The third kappa shape index (κ3) is 1.27. The molecular weight excluding hydrogens is 250 g/mol. The molecule has 0 saturated carbocycles. The van der Waals surface area contributed by atoms with Gasteiger partial charge in [-0.2, -0.15) is 0 Å². The van der Waals surface area contributed by atoms with Crippen LogP contribution in [0.5, 0.6) is 11.5 Å². The summed E-state index contributed by atoms with van der Waals surface area (Å²) < 4.78 is 13.3. The van der Waals surface area contributed by atoms with E-state index in [1.807, 2.05) is 17.5 Å². The van der Waals surface area contributed by atoms with Gasteiger partial charge in [-0.05, 0) is 0 Å². The molecule has 0 amide bonds. The van der Waals surface area contributed by atoms with Crippen LogP contribution in [-0.2, 0) is 6.54 Å². The summed E-state index contributed by atoms with van der Waals surface area (Å²) in [7, 11) is 0. The Morgan fingerprint density at radius 3 is 2.83 bits per heavy atom. The Hall–Kier alpha value is -1.79. The summed E-state index contributed by atoms with van der Waals surface area (Å²) in [5.41, 5.74) is 8.76. The van der Waals surface area contributed by atoms with Gasteiger partial charge in [-0.3, -0.25) is 4.40 Å². The number of rotatable bonds is 1. The van der Waals surface area contributed by atoms with Gasteiger partial charge in [0.25, 0.3) is 0 Å². The molecule has 0 unspecified atom stereocenters. The lowest BCUT2D eigenvalue weighted by atomic mass is 10.2. The number of nitrogens with zero attached hydrogens (tertiary/aromatic N) is 2. The van der Waals surface area contributed by atoms with Crippen molar-refractivity contribution < 1.29 is 9.47 Å². The fraction of sp³-hybridized carbons (Fsp3) is 0.250. The Balaban J connectivity index is 2.08. The van der Waals surface area contributed by atoms with Crippen LogP contribution in [0.15, 0.2) is 17.5 Å². The number of nitrogens with two attached hydrogens (primary N) is 1. The Bertz CT molecular complexity index is 747.